The predicted octanol–water partition coefficient (Wildman–Crippen LogP) is 5.18. The molecule has 5 aliphatic rings. The van der Waals surface area contributed by atoms with E-state index in [0.717, 1.165) is 36.5 Å². The number of aryl methyl sites for hydroxylation is 1. The normalized spacial score (nSPS) is 39.2. The minimum atomic E-state index is 0.238. The lowest BCUT2D eigenvalue weighted by Gasteiger charge is -2.57. The van der Waals surface area contributed by atoms with Crippen molar-refractivity contribution in [3.8, 4) is 0 Å². The maximum atomic E-state index is 13.3. The molecule has 0 N–H and O–H groups in total. The van der Waals surface area contributed by atoms with Gasteiger partial charge in [-0.2, -0.15) is 0 Å². The van der Waals surface area contributed by atoms with Gasteiger partial charge in [0.1, 0.15) is 5.37 Å². The van der Waals surface area contributed by atoms with Gasteiger partial charge in [-0.1, -0.05) is 29.8 Å². The zero-order valence-electron chi connectivity index (χ0n) is 15.2. The van der Waals surface area contributed by atoms with Gasteiger partial charge in [0.25, 0.3) is 0 Å². The molecule has 1 saturated heterocycles. The summed E-state index contributed by atoms with van der Waals surface area (Å²) in [4.78, 5) is 15.5. The lowest BCUT2D eigenvalue weighted by Crippen LogP contribution is -2.48. The highest BCUT2D eigenvalue weighted by Gasteiger charge is 2.52. The first-order chi connectivity index (χ1) is 12.1. The van der Waals surface area contributed by atoms with Gasteiger partial charge in [-0.3, -0.25) is 4.79 Å². The monoisotopic (exact) mass is 355 g/mol. The van der Waals surface area contributed by atoms with E-state index in [2.05, 4.69) is 36.1 Å². The number of hydrogen-bond acceptors (Lipinski definition) is 2. The molecule has 1 heterocycles. The maximum Gasteiger partial charge on any atom is 0.224 e. The molecule has 1 aromatic rings. The van der Waals surface area contributed by atoms with Gasteiger partial charge in [0, 0.05) is 18.7 Å². The van der Waals surface area contributed by atoms with Crippen molar-refractivity contribution in [1.29, 1.82) is 0 Å². The van der Waals surface area contributed by atoms with E-state index < -0.39 is 0 Å². The molecule has 1 unspecified atom stereocenters. The van der Waals surface area contributed by atoms with Crippen LogP contribution < -0.4 is 0 Å². The van der Waals surface area contributed by atoms with Crippen LogP contribution in [0, 0.1) is 30.1 Å². The highest BCUT2D eigenvalue weighted by molar-refractivity contribution is 7.99. The molecule has 0 spiro atoms. The van der Waals surface area contributed by atoms with Crippen LogP contribution in [0.15, 0.2) is 24.3 Å². The molecule has 1 atom stereocenters. The van der Waals surface area contributed by atoms with Crippen molar-refractivity contribution in [3.05, 3.63) is 35.4 Å². The Morgan fingerprint density at radius 1 is 1.08 bits per heavy atom. The zero-order valence-corrected chi connectivity index (χ0v) is 16.1. The second kappa shape index (κ2) is 6.04. The summed E-state index contributed by atoms with van der Waals surface area (Å²) in [6, 6.07) is 8.78. The lowest BCUT2D eigenvalue weighted by atomic mass is 9.49. The topological polar surface area (TPSA) is 20.3 Å². The molecule has 0 radical (unpaired) electrons. The van der Waals surface area contributed by atoms with E-state index in [1.807, 2.05) is 11.8 Å². The highest BCUT2D eigenvalue weighted by atomic mass is 32.2. The van der Waals surface area contributed by atoms with E-state index in [9.17, 15) is 4.79 Å². The zero-order chi connectivity index (χ0) is 17.0. The maximum absolute atomic E-state index is 13.3. The Morgan fingerprint density at radius 2 is 1.68 bits per heavy atom. The van der Waals surface area contributed by atoms with Crippen LogP contribution in [0.4, 0.5) is 0 Å². The Labute approximate surface area is 155 Å². The van der Waals surface area contributed by atoms with E-state index in [-0.39, 0.29) is 5.37 Å². The molecule has 1 aromatic carbocycles. The van der Waals surface area contributed by atoms with Crippen LogP contribution in [-0.4, -0.2) is 23.1 Å². The van der Waals surface area contributed by atoms with Crippen molar-refractivity contribution >= 4 is 17.7 Å². The number of nitrogens with zero attached hydrogens (tertiary/aromatic N) is 1. The molecular formula is C22H29NOS. The van der Waals surface area contributed by atoms with Gasteiger partial charge in [0.2, 0.25) is 5.91 Å². The summed E-state index contributed by atoms with van der Waals surface area (Å²) in [5.74, 6) is 4.29. The van der Waals surface area contributed by atoms with Gasteiger partial charge in [-0.05, 0) is 74.2 Å². The van der Waals surface area contributed by atoms with Gasteiger partial charge >= 0.3 is 0 Å². The van der Waals surface area contributed by atoms with E-state index in [0.29, 0.717) is 11.3 Å². The molecule has 1 aliphatic heterocycles. The first-order valence-corrected chi connectivity index (χ1v) is 11.1. The van der Waals surface area contributed by atoms with Crippen molar-refractivity contribution in [2.75, 3.05) is 12.3 Å². The molecule has 3 heteroatoms. The SMILES string of the molecule is Cc1ccc(C2SCCN2C(=O)CC23CC4CC(CC(C4)C2)C3)cc1. The van der Waals surface area contributed by atoms with E-state index in [4.69, 9.17) is 0 Å². The number of carbonyl (C=O) groups is 1. The summed E-state index contributed by atoms with van der Waals surface area (Å²) in [5, 5.41) is 0.238. The van der Waals surface area contributed by atoms with Crippen LogP contribution in [0.1, 0.15) is 61.4 Å². The molecule has 134 valence electrons. The molecule has 6 rings (SSSR count). The van der Waals surface area contributed by atoms with Crippen molar-refractivity contribution in [2.45, 2.75) is 57.2 Å². The van der Waals surface area contributed by atoms with Crippen LogP contribution >= 0.6 is 11.8 Å². The summed E-state index contributed by atoms with van der Waals surface area (Å²) in [6.07, 6.45) is 9.19. The number of hydrogen-bond donors (Lipinski definition) is 0. The van der Waals surface area contributed by atoms with Crippen molar-refractivity contribution in [1.82, 2.24) is 4.90 Å². The Kier molecular flexibility index (Phi) is 3.92. The molecule has 1 amide bonds. The highest BCUT2D eigenvalue weighted by Crippen LogP contribution is 2.61. The Morgan fingerprint density at radius 3 is 2.28 bits per heavy atom. The van der Waals surface area contributed by atoms with Crippen LogP contribution in [0.2, 0.25) is 0 Å². The number of rotatable bonds is 3. The minimum absolute atomic E-state index is 0.238. The first-order valence-electron chi connectivity index (χ1n) is 10.1. The largest absolute Gasteiger partial charge is 0.326 e. The third kappa shape index (κ3) is 2.93. The van der Waals surface area contributed by atoms with Gasteiger partial charge in [0.05, 0.1) is 0 Å². The predicted molar refractivity (Wildman–Crippen MR) is 103 cm³/mol. The van der Waals surface area contributed by atoms with Crippen molar-refractivity contribution in [3.63, 3.8) is 0 Å². The molecule has 4 aliphatic carbocycles. The summed E-state index contributed by atoms with van der Waals surface area (Å²) in [6.45, 7) is 3.05. The fourth-order valence-corrected chi connectivity index (χ4v) is 7.94. The van der Waals surface area contributed by atoms with E-state index >= 15 is 0 Å². The molecule has 4 saturated carbocycles. The average molecular weight is 356 g/mol. The quantitative estimate of drug-likeness (QED) is 0.745. The fourth-order valence-electron chi connectivity index (χ4n) is 6.66. The van der Waals surface area contributed by atoms with Crippen LogP contribution in [0.25, 0.3) is 0 Å². The van der Waals surface area contributed by atoms with Gasteiger partial charge in [-0.25, -0.2) is 0 Å². The van der Waals surface area contributed by atoms with Crippen LogP contribution in [-0.2, 0) is 4.79 Å². The number of amides is 1. The van der Waals surface area contributed by atoms with Crippen LogP contribution in [0.3, 0.4) is 0 Å². The Bertz CT molecular complexity index is 632. The second-order valence-electron chi connectivity index (χ2n) is 9.32. The summed E-state index contributed by atoms with van der Waals surface area (Å²) in [5.41, 5.74) is 2.95. The van der Waals surface area contributed by atoms with Gasteiger partial charge in [0.15, 0.2) is 0 Å². The lowest BCUT2D eigenvalue weighted by molar-refractivity contribution is -0.139. The molecule has 0 aromatic heterocycles. The number of carbonyl (C=O) groups excluding carboxylic acids is 1. The summed E-state index contributed by atoms with van der Waals surface area (Å²) in [7, 11) is 0. The summed E-state index contributed by atoms with van der Waals surface area (Å²) < 4.78 is 0. The molecule has 4 bridgehead atoms. The minimum Gasteiger partial charge on any atom is -0.326 e. The molecule has 25 heavy (non-hydrogen) atoms. The number of thioether (sulfide) groups is 1. The Hall–Kier alpha value is -0.960. The first kappa shape index (κ1) is 16.2. The number of benzene rings is 1. The fraction of sp³-hybridized carbons (Fsp3) is 0.682. The summed E-state index contributed by atoms with van der Waals surface area (Å²) >= 11 is 1.94. The standard InChI is InChI=1S/C22H29NOS/c1-15-2-4-19(5-3-15)21-23(6-7-25-21)20(24)14-22-11-16-8-17(12-22)10-18(9-16)13-22/h2-5,16-18,21H,6-14H2,1H3. The van der Waals surface area contributed by atoms with E-state index in [1.165, 1.54) is 49.7 Å². The third-order valence-electron chi connectivity index (χ3n) is 7.27. The van der Waals surface area contributed by atoms with Crippen molar-refractivity contribution < 1.29 is 4.79 Å². The van der Waals surface area contributed by atoms with Crippen LogP contribution in [0.5, 0.6) is 0 Å². The Balaban J connectivity index is 1.33. The smallest absolute Gasteiger partial charge is 0.224 e. The van der Waals surface area contributed by atoms with E-state index in [1.54, 1.807) is 0 Å². The molecule has 5 fully saturated rings. The third-order valence-corrected chi connectivity index (χ3v) is 8.53. The second-order valence-corrected chi connectivity index (χ2v) is 10.5. The average Bonchev–Trinajstić information content (AvgIpc) is 3.03. The molecule has 2 nitrogen and oxygen atoms in total. The van der Waals surface area contributed by atoms with Crippen molar-refractivity contribution in [2.24, 2.45) is 23.2 Å². The van der Waals surface area contributed by atoms with Gasteiger partial charge < -0.3 is 4.90 Å². The van der Waals surface area contributed by atoms with Gasteiger partial charge in [-0.15, -0.1) is 11.8 Å². The molecular weight excluding hydrogens is 326 g/mol.